The Bertz CT molecular complexity index is 552. The SMILES string of the molecule is O=C(NCCCc1ncc[nH]1)c1cc(O)ccc1O. The van der Waals surface area contributed by atoms with Gasteiger partial charge in [0.1, 0.15) is 17.3 Å². The van der Waals surface area contributed by atoms with Gasteiger partial charge in [-0.2, -0.15) is 0 Å². The number of aromatic hydroxyl groups is 2. The number of H-pyrrole nitrogens is 1. The number of phenols is 2. The van der Waals surface area contributed by atoms with E-state index in [1.807, 2.05) is 0 Å². The van der Waals surface area contributed by atoms with Gasteiger partial charge in [0.2, 0.25) is 0 Å². The molecule has 0 atom stereocenters. The van der Waals surface area contributed by atoms with E-state index in [-0.39, 0.29) is 17.1 Å². The summed E-state index contributed by atoms with van der Waals surface area (Å²) in [5, 5.41) is 21.5. The molecule has 0 saturated heterocycles. The molecule has 0 aliphatic heterocycles. The van der Waals surface area contributed by atoms with Gasteiger partial charge in [-0.05, 0) is 24.6 Å². The summed E-state index contributed by atoms with van der Waals surface area (Å²) in [6.07, 6.45) is 4.90. The van der Waals surface area contributed by atoms with Crippen molar-refractivity contribution < 1.29 is 15.0 Å². The van der Waals surface area contributed by atoms with Crippen molar-refractivity contribution in [3.05, 3.63) is 42.0 Å². The van der Waals surface area contributed by atoms with E-state index in [9.17, 15) is 15.0 Å². The third-order valence-corrected chi connectivity index (χ3v) is 2.66. The number of imidazole rings is 1. The van der Waals surface area contributed by atoms with E-state index in [4.69, 9.17) is 0 Å². The van der Waals surface area contributed by atoms with Crippen LogP contribution in [0, 0.1) is 0 Å². The van der Waals surface area contributed by atoms with Crippen molar-refractivity contribution in [2.24, 2.45) is 0 Å². The first-order chi connectivity index (χ1) is 9.16. The van der Waals surface area contributed by atoms with Crippen LogP contribution in [-0.4, -0.2) is 32.6 Å². The first kappa shape index (κ1) is 12.9. The maximum atomic E-state index is 11.8. The molecule has 0 aliphatic rings. The van der Waals surface area contributed by atoms with Gasteiger partial charge in [-0.3, -0.25) is 4.79 Å². The summed E-state index contributed by atoms with van der Waals surface area (Å²) in [7, 11) is 0. The van der Waals surface area contributed by atoms with Crippen molar-refractivity contribution in [1.29, 1.82) is 0 Å². The Hall–Kier alpha value is -2.50. The first-order valence-electron chi connectivity index (χ1n) is 5.95. The largest absolute Gasteiger partial charge is 0.508 e. The van der Waals surface area contributed by atoms with Gasteiger partial charge in [0, 0.05) is 25.4 Å². The zero-order valence-corrected chi connectivity index (χ0v) is 10.3. The van der Waals surface area contributed by atoms with Crippen molar-refractivity contribution in [2.45, 2.75) is 12.8 Å². The molecule has 0 spiro atoms. The number of aromatic nitrogens is 2. The summed E-state index contributed by atoms with van der Waals surface area (Å²) in [6.45, 7) is 0.467. The van der Waals surface area contributed by atoms with Gasteiger partial charge in [-0.25, -0.2) is 4.98 Å². The Balaban J connectivity index is 1.82. The lowest BCUT2D eigenvalue weighted by Crippen LogP contribution is -2.24. The number of hydrogen-bond acceptors (Lipinski definition) is 4. The number of nitrogens with one attached hydrogen (secondary N) is 2. The van der Waals surface area contributed by atoms with Crippen LogP contribution in [0.1, 0.15) is 22.6 Å². The zero-order chi connectivity index (χ0) is 13.7. The maximum Gasteiger partial charge on any atom is 0.255 e. The summed E-state index contributed by atoms with van der Waals surface area (Å²) in [4.78, 5) is 18.8. The van der Waals surface area contributed by atoms with Gasteiger partial charge in [0.15, 0.2) is 0 Å². The molecular formula is C13H15N3O3. The molecule has 0 aliphatic carbocycles. The molecule has 0 unspecified atom stereocenters. The topological polar surface area (TPSA) is 98.2 Å². The van der Waals surface area contributed by atoms with Crippen LogP contribution < -0.4 is 5.32 Å². The Kier molecular flexibility index (Phi) is 4.02. The highest BCUT2D eigenvalue weighted by Crippen LogP contribution is 2.21. The minimum atomic E-state index is -0.409. The number of aromatic amines is 1. The monoisotopic (exact) mass is 261 g/mol. The molecule has 19 heavy (non-hydrogen) atoms. The summed E-state index contributed by atoms with van der Waals surface area (Å²) < 4.78 is 0. The molecule has 100 valence electrons. The fraction of sp³-hybridized carbons (Fsp3) is 0.231. The Morgan fingerprint density at radius 2 is 2.21 bits per heavy atom. The van der Waals surface area contributed by atoms with E-state index < -0.39 is 5.91 Å². The van der Waals surface area contributed by atoms with Crippen LogP contribution in [0.3, 0.4) is 0 Å². The normalized spacial score (nSPS) is 10.3. The predicted octanol–water partition coefficient (Wildman–Crippen LogP) is 1.18. The molecule has 6 heteroatoms. The molecule has 0 fully saturated rings. The van der Waals surface area contributed by atoms with Crippen LogP contribution in [-0.2, 0) is 6.42 Å². The molecule has 2 rings (SSSR count). The Labute approximate surface area is 110 Å². The predicted molar refractivity (Wildman–Crippen MR) is 69.0 cm³/mol. The van der Waals surface area contributed by atoms with Crippen molar-refractivity contribution in [3.8, 4) is 11.5 Å². The van der Waals surface area contributed by atoms with Gasteiger partial charge < -0.3 is 20.5 Å². The number of phenolic OH excluding ortho intramolecular Hbond substituents is 2. The van der Waals surface area contributed by atoms with E-state index >= 15 is 0 Å². The number of rotatable bonds is 5. The minimum Gasteiger partial charge on any atom is -0.508 e. The average molecular weight is 261 g/mol. The lowest BCUT2D eigenvalue weighted by atomic mass is 10.1. The smallest absolute Gasteiger partial charge is 0.255 e. The number of carbonyl (C=O) groups excluding carboxylic acids is 1. The number of benzene rings is 1. The maximum absolute atomic E-state index is 11.8. The van der Waals surface area contributed by atoms with Crippen LogP contribution in [0.4, 0.5) is 0 Å². The van der Waals surface area contributed by atoms with E-state index in [0.717, 1.165) is 18.7 Å². The number of amides is 1. The highest BCUT2D eigenvalue weighted by molar-refractivity contribution is 5.97. The lowest BCUT2D eigenvalue weighted by Gasteiger charge is -2.06. The van der Waals surface area contributed by atoms with Crippen molar-refractivity contribution in [3.63, 3.8) is 0 Å². The molecule has 6 nitrogen and oxygen atoms in total. The number of carbonyl (C=O) groups is 1. The van der Waals surface area contributed by atoms with Crippen LogP contribution in [0.15, 0.2) is 30.6 Å². The number of hydrogen-bond donors (Lipinski definition) is 4. The third kappa shape index (κ3) is 3.48. The van der Waals surface area contributed by atoms with Crippen LogP contribution >= 0.6 is 0 Å². The van der Waals surface area contributed by atoms with E-state index in [1.165, 1.54) is 18.2 Å². The molecule has 1 heterocycles. The molecule has 1 aromatic carbocycles. The Morgan fingerprint density at radius 1 is 1.37 bits per heavy atom. The minimum absolute atomic E-state index is 0.0569. The lowest BCUT2D eigenvalue weighted by molar-refractivity contribution is 0.0950. The fourth-order valence-corrected chi connectivity index (χ4v) is 1.69. The van der Waals surface area contributed by atoms with Gasteiger partial charge in [0.05, 0.1) is 5.56 Å². The highest BCUT2D eigenvalue weighted by Gasteiger charge is 2.11. The molecule has 0 bridgehead atoms. The quantitative estimate of drug-likeness (QED) is 0.480. The second-order valence-electron chi connectivity index (χ2n) is 4.10. The summed E-state index contributed by atoms with van der Waals surface area (Å²) in [5.74, 6) is 0.252. The third-order valence-electron chi connectivity index (χ3n) is 2.66. The van der Waals surface area contributed by atoms with Gasteiger partial charge in [0.25, 0.3) is 5.91 Å². The summed E-state index contributed by atoms with van der Waals surface area (Å²) in [6, 6.07) is 3.84. The van der Waals surface area contributed by atoms with Gasteiger partial charge in [-0.1, -0.05) is 0 Å². The molecule has 0 saturated carbocycles. The number of nitrogens with zero attached hydrogens (tertiary/aromatic N) is 1. The fourth-order valence-electron chi connectivity index (χ4n) is 1.69. The molecule has 2 aromatic rings. The van der Waals surface area contributed by atoms with Crippen molar-refractivity contribution >= 4 is 5.91 Å². The Morgan fingerprint density at radius 3 is 2.95 bits per heavy atom. The highest BCUT2D eigenvalue weighted by atomic mass is 16.3. The molecule has 4 N–H and O–H groups in total. The van der Waals surface area contributed by atoms with Gasteiger partial charge >= 0.3 is 0 Å². The second-order valence-corrected chi connectivity index (χ2v) is 4.10. The molecule has 1 amide bonds. The van der Waals surface area contributed by atoms with Crippen molar-refractivity contribution in [1.82, 2.24) is 15.3 Å². The first-order valence-corrected chi connectivity index (χ1v) is 5.95. The van der Waals surface area contributed by atoms with E-state index in [1.54, 1.807) is 12.4 Å². The molecular weight excluding hydrogens is 246 g/mol. The summed E-state index contributed by atoms with van der Waals surface area (Å²) in [5.41, 5.74) is 0.0676. The van der Waals surface area contributed by atoms with Gasteiger partial charge in [-0.15, -0.1) is 0 Å². The average Bonchev–Trinajstić information content (AvgIpc) is 2.90. The van der Waals surface area contributed by atoms with E-state index in [0.29, 0.717) is 6.54 Å². The van der Waals surface area contributed by atoms with E-state index in [2.05, 4.69) is 15.3 Å². The van der Waals surface area contributed by atoms with Crippen LogP contribution in [0.5, 0.6) is 11.5 Å². The molecule has 1 aromatic heterocycles. The summed E-state index contributed by atoms with van der Waals surface area (Å²) >= 11 is 0. The van der Waals surface area contributed by atoms with Crippen LogP contribution in [0.2, 0.25) is 0 Å². The second kappa shape index (κ2) is 5.90. The number of aryl methyl sites for hydroxylation is 1. The van der Waals surface area contributed by atoms with Crippen LogP contribution in [0.25, 0.3) is 0 Å². The standard InChI is InChI=1S/C13H15N3O3/c17-9-3-4-11(18)10(8-9)13(19)16-5-1-2-12-14-6-7-15-12/h3-4,6-8,17-18H,1-2,5H2,(H,14,15)(H,16,19). The zero-order valence-electron chi connectivity index (χ0n) is 10.3. The van der Waals surface area contributed by atoms with Crippen molar-refractivity contribution in [2.75, 3.05) is 6.54 Å². The molecule has 0 radical (unpaired) electrons.